The van der Waals surface area contributed by atoms with E-state index in [1.807, 2.05) is 0 Å². The highest BCUT2D eigenvalue weighted by atomic mass is 15.2. The Morgan fingerprint density at radius 1 is 1.16 bits per heavy atom. The number of likely N-dealkylation sites (N-methyl/N-ethyl adjacent to an activating group) is 1. The molecular formula is C17H36N2. The van der Waals surface area contributed by atoms with Crippen molar-refractivity contribution in [3.8, 4) is 0 Å². The molecule has 1 rings (SSSR count). The summed E-state index contributed by atoms with van der Waals surface area (Å²) >= 11 is 0. The van der Waals surface area contributed by atoms with Crippen molar-refractivity contribution in [3.63, 3.8) is 0 Å². The van der Waals surface area contributed by atoms with Crippen molar-refractivity contribution in [2.24, 2.45) is 17.1 Å². The summed E-state index contributed by atoms with van der Waals surface area (Å²) in [5, 5.41) is 0. The summed E-state index contributed by atoms with van der Waals surface area (Å²) in [4.78, 5) is 2.57. The van der Waals surface area contributed by atoms with Gasteiger partial charge in [-0.3, -0.25) is 4.90 Å². The van der Waals surface area contributed by atoms with Crippen molar-refractivity contribution in [3.05, 3.63) is 0 Å². The van der Waals surface area contributed by atoms with Gasteiger partial charge in [-0.15, -0.1) is 0 Å². The van der Waals surface area contributed by atoms with Crippen molar-refractivity contribution in [1.29, 1.82) is 0 Å². The second-order valence-corrected chi connectivity index (χ2v) is 7.70. The average Bonchev–Trinajstić information content (AvgIpc) is 2.38. The quantitative estimate of drug-likeness (QED) is 0.737. The molecule has 0 unspecified atom stereocenters. The highest BCUT2D eigenvalue weighted by Crippen LogP contribution is 2.43. The van der Waals surface area contributed by atoms with Gasteiger partial charge in [-0.2, -0.15) is 0 Å². The lowest BCUT2D eigenvalue weighted by Gasteiger charge is -2.48. The molecule has 2 heteroatoms. The minimum atomic E-state index is 0.287. The molecule has 0 amide bonds. The number of nitrogens with zero attached hydrogens (tertiary/aromatic N) is 1. The van der Waals surface area contributed by atoms with E-state index in [9.17, 15) is 0 Å². The van der Waals surface area contributed by atoms with Gasteiger partial charge in [0.25, 0.3) is 0 Å². The minimum absolute atomic E-state index is 0.287. The molecule has 1 fully saturated rings. The standard InChI is InChI=1S/C17H36N2/c1-6-7-8-13-19(5)17(14-18)11-9-15(10-12-17)16(2,3)4/h15H,6-14,18H2,1-5H3. The SMILES string of the molecule is CCCCCN(C)C1(CN)CCC(C(C)(C)C)CC1. The fraction of sp³-hybridized carbons (Fsp3) is 1.00. The molecule has 0 spiro atoms. The first-order chi connectivity index (χ1) is 8.85. The molecule has 0 aromatic carbocycles. The van der Waals surface area contributed by atoms with Gasteiger partial charge in [0.1, 0.15) is 0 Å². The molecule has 0 aromatic heterocycles. The Morgan fingerprint density at radius 3 is 2.16 bits per heavy atom. The average molecular weight is 268 g/mol. The molecule has 19 heavy (non-hydrogen) atoms. The Morgan fingerprint density at radius 2 is 1.74 bits per heavy atom. The van der Waals surface area contributed by atoms with E-state index in [-0.39, 0.29) is 5.54 Å². The third kappa shape index (κ3) is 4.46. The fourth-order valence-corrected chi connectivity index (χ4v) is 3.60. The summed E-state index contributed by atoms with van der Waals surface area (Å²) in [6, 6.07) is 0. The van der Waals surface area contributed by atoms with E-state index in [1.165, 1.54) is 51.5 Å². The maximum absolute atomic E-state index is 6.16. The van der Waals surface area contributed by atoms with Crippen LogP contribution in [0.2, 0.25) is 0 Å². The zero-order chi connectivity index (χ0) is 14.5. The molecule has 1 saturated carbocycles. The highest BCUT2D eigenvalue weighted by molar-refractivity contribution is 4.96. The largest absolute Gasteiger partial charge is 0.329 e. The molecule has 0 heterocycles. The van der Waals surface area contributed by atoms with Gasteiger partial charge < -0.3 is 5.73 Å². The normalized spacial score (nSPS) is 28.9. The van der Waals surface area contributed by atoms with E-state index in [2.05, 4.69) is 39.6 Å². The zero-order valence-corrected chi connectivity index (χ0v) is 14.0. The van der Waals surface area contributed by atoms with E-state index in [0.717, 1.165) is 12.5 Å². The topological polar surface area (TPSA) is 29.3 Å². The molecule has 0 bridgehead atoms. The molecule has 0 aliphatic heterocycles. The second kappa shape index (κ2) is 7.08. The Bertz CT molecular complexity index is 246. The van der Waals surface area contributed by atoms with Crippen LogP contribution in [-0.2, 0) is 0 Å². The van der Waals surface area contributed by atoms with E-state index in [1.54, 1.807) is 0 Å². The molecule has 0 atom stereocenters. The van der Waals surface area contributed by atoms with Gasteiger partial charge in [-0.1, -0.05) is 40.5 Å². The summed E-state index contributed by atoms with van der Waals surface area (Å²) in [5.74, 6) is 0.871. The monoisotopic (exact) mass is 268 g/mol. The van der Waals surface area contributed by atoms with Crippen LogP contribution >= 0.6 is 0 Å². The van der Waals surface area contributed by atoms with Gasteiger partial charge >= 0.3 is 0 Å². The molecule has 114 valence electrons. The van der Waals surface area contributed by atoms with Crippen molar-refractivity contribution in [2.75, 3.05) is 20.1 Å². The van der Waals surface area contributed by atoms with Gasteiger partial charge in [0.2, 0.25) is 0 Å². The van der Waals surface area contributed by atoms with Crippen LogP contribution in [-0.4, -0.2) is 30.6 Å². The van der Waals surface area contributed by atoms with Gasteiger partial charge in [0.15, 0.2) is 0 Å². The van der Waals surface area contributed by atoms with Crippen LogP contribution in [0.15, 0.2) is 0 Å². The van der Waals surface area contributed by atoms with E-state index >= 15 is 0 Å². The van der Waals surface area contributed by atoms with Crippen LogP contribution in [0.5, 0.6) is 0 Å². The lowest BCUT2D eigenvalue weighted by atomic mass is 9.67. The third-order valence-corrected chi connectivity index (χ3v) is 5.43. The molecule has 1 aliphatic carbocycles. The second-order valence-electron chi connectivity index (χ2n) is 7.70. The van der Waals surface area contributed by atoms with E-state index in [0.29, 0.717) is 5.41 Å². The first-order valence-electron chi connectivity index (χ1n) is 8.27. The minimum Gasteiger partial charge on any atom is -0.329 e. The Hall–Kier alpha value is -0.0800. The highest BCUT2D eigenvalue weighted by Gasteiger charge is 2.40. The zero-order valence-electron chi connectivity index (χ0n) is 14.0. The summed E-state index contributed by atoms with van der Waals surface area (Å²) in [5.41, 5.74) is 6.90. The van der Waals surface area contributed by atoms with Crippen LogP contribution in [0.1, 0.15) is 72.6 Å². The lowest BCUT2D eigenvalue weighted by molar-refractivity contribution is 0.0372. The molecule has 2 N–H and O–H groups in total. The summed E-state index contributed by atoms with van der Waals surface area (Å²) in [7, 11) is 2.29. The molecule has 1 aliphatic rings. The lowest BCUT2D eigenvalue weighted by Crippen LogP contribution is -2.55. The van der Waals surface area contributed by atoms with Gasteiger partial charge in [0.05, 0.1) is 0 Å². The fourth-order valence-electron chi connectivity index (χ4n) is 3.60. The molecule has 0 aromatic rings. The summed E-state index contributed by atoms with van der Waals surface area (Å²) < 4.78 is 0. The van der Waals surface area contributed by atoms with Crippen molar-refractivity contribution >= 4 is 0 Å². The Kier molecular flexibility index (Phi) is 6.32. The first-order valence-corrected chi connectivity index (χ1v) is 8.27. The predicted octanol–water partition coefficient (Wildman–Crippen LogP) is 4.04. The molecular weight excluding hydrogens is 232 g/mol. The number of rotatable bonds is 6. The maximum atomic E-state index is 6.16. The Labute approximate surface area is 121 Å². The van der Waals surface area contributed by atoms with Gasteiger partial charge in [0, 0.05) is 12.1 Å². The molecule has 0 radical (unpaired) electrons. The van der Waals surface area contributed by atoms with Crippen molar-refractivity contribution < 1.29 is 0 Å². The van der Waals surface area contributed by atoms with Crippen LogP contribution in [0.25, 0.3) is 0 Å². The van der Waals surface area contributed by atoms with Crippen molar-refractivity contribution in [1.82, 2.24) is 4.90 Å². The van der Waals surface area contributed by atoms with Gasteiger partial charge in [-0.25, -0.2) is 0 Å². The molecule has 2 nitrogen and oxygen atoms in total. The predicted molar refractivity (Wildman–Crippen MR) is 85.4 cm³/mol. The number of hydrogen-bond acceptors (Lipinski definition) is 2. The summed E-state index contributed by atoms with van der Waals surface area (Å²) in [6.45, 7) is 11.5. The third-order valence-electron chi connectivity index (χ3n) is 5.43. The van der Waals surface area contributed by atoms with E-state index < -0.39 is 0 Å². The van der Waals surface area contributed by atoms with Crippen LogP contribution in [0.4, 0.5) is 0 Å². The van der Waals surface area contributed by atoms with E-state index in [4.69, 9.17) is 5.73 Å². The van der Waals surface area contributed by atoms with Crippen LogP contribution < -0.4 is 5.73 Å². The van der Waals surface area contributed by atoms with Gasteiger partial charge in [-0.05, 0) is 57.0 Å². The number of unbranched alkanes of at least 4 members (excludes halogenated alkanes) is 2. The molecule has 0 saturated heterocycles. The number of hydrogen-bond donors (Lipinski definition) is 1. The Balaban J connectivity index is 2.54. The number of nitrogens with two attached hydrogens (primary N) is 1. The summed E-state index contributed by atoms with van der Waals surface area (Å²) in [6.07, 6.45) is 9.22. The maximum Gasteiger partial charge on any atom is 0.0328 e. The van der Waals surface area contributed by atoms with Crippen molar-refractivity contribution in [2.45, 2.75) is 78.2 Å². The van der Waals surface area contributed by atoms with Crippen LogP contribution in [0, 0.1) is 11.3 Å². The smallest absolute Gasteiger partial charge is 0.0328 e. The van der Waals surface area contributed by atoms with Crippen LogP contribution in [0.3, 0.4) is 0 Å². The first kappa shape index (κ1) is 17.0.